The molecule has 2 heteroatoms. The van der Waals surface area contributed by atoms with E-state index in [1.807, 2.05) is 18.6 Å². The Morgan fingerprint density at radius 2 is 2.44 bits per heavy atom. The van der Waals surface area contributed by atoms with Gasteiger partial charge in [0.05, 0.1) is 12.7 Å². The molecule has 48 valence electrons. The fourth-order valence-corrected chi connectivity index (χ4v) is 0.752. The van der Waals surface area contributed by atoms with E-state index in [-0.39, 0.29) is 0 Å². The molecule has 0 bridgehead atoms. The first-order chi connectivity index (χ1) is 4.43. The van der Waals surface area contributed by atoms with Gasteiger partial charge in [-0.3, -0.25) is 0 Å². The van der Waals surface area contributed by atoms with E-state index in [9.17, 15) is 0 Å². The average Bonchev–Trinajstić information content (AvgIpc) is 1.91. The Labute approximate surface area is 55.2 Å². The number of nitrogens with zero attached hydrogens (tertiary/aromatic N) is 2. The van der Waals surface area contributed by atoms with Gasteiger partial charge in [0.2, 0.25) is 0 Å². The Hall–Kier alpha value is -0.920. The Balaban J connectivity index is 2.61. The molecule has 0 aliphatic carbocycles. The van der Waals surface area contributed by atoms with Crippen molar-refractivity contribution in [3.8, 4) is 0 Å². The second kappa shape index (κ2) is 3.17. The van der Waals surface area contributed by atoms with Crippen LogP contribution in [0.5, 0.6) is 0 Å². The van der Waals surface area contributed by atoms with Crippen molar-refractivity contribution in [2.45, 2.75) is 19.9 Å². The molecular formula is C7H11N2+. The van der Waals surface area contributed by atoms with Gasteiger partial charge in [0.1, 0.15) is 6.20 Å². The fraction of sp³-hybridized carbons (Fsp3) is 0.429. The molecule has 0 aromatic carbocycles. The molecule has 0 fully saturated rings. The van der Waals surface area contributed by atoms with Gasteiger partial charge >= 0.3 is 0 Å². The number of hydrogen-bond acceptors (Lipinski definition) is 1. The summed E-state index contributed by atoms with van der Waals surface area (Å²) >= 11 is 0. The lowest BCUT2D eigenvalue weighted by Gasteiger charge is -1.90. The monoisotopic (exact) mass is 123 g/mol. The Bertz CT molecular complexity index is 160. The van der Waals surface area contributed by atoms with E-state index < -0.39 is 0 Å². The highest BCUT2D eigenvalue weighted by molar-refractivity contribution is 4.68. The van der Waals surface area contributed by atoms with Crippen LogP contribution >= 0.6 is 0 Å². The lowest BCUT2D eigenvalue weighted by molar-refractivity contribution is -0.699. The molecule has 0 spiro atoms. The smallest absolute Gasteiger partial charge is 0.237 e. The van der Waals surface area contributed by atoms with E-state index in [4.69, 9.17) is 0 Å². The lowest BCUT2D eigenvalue weighted by atomic mass is 10.5. The maximum absolute atomic E-state index is 3.97. The second-order valence-corrected chi connectivity index (χ2v) is 1.99. The molecule has 1 rings (SSSR count). The number of aryl methyl sites for hydroxylation is 1. The summed E-state index contributed by atoms with van der Waals surface area (Å²) in [5.74, 6) is 0. The van der Waals surface area contributed by atoms with Crippen LogP contribution < -0.4 is 4.57 Å². The van der Waals surface area contributed by atoms with E-state index >= 15 is 0 Å². The van der Waals surface area contributed by atoms with Crippen LogP contribution in [-0.2, 0) is 6.54 Å². The molecule has 9 heavy (non-hydrogen) atoms. The Kier molecular flexibility index (Phi) is 2.19. The van der Waals surface area contributed by atoms with Gasteiger partial charge in [-0.2, -0.15) is 0 Å². The molecule has 0 saturated heterocycles. The van der Waals surface area contributed by atoms with Crippen molar-refractivity contribution in [3.05, 3.63) is 24.8 Å². The first-order valence-corrected chi connectivity index (χ1v) is 3.22. The third kappa shape index (κ3) is 1.80. The molecule has 0 aliphatic heterocycles. The van der Waals surface area contributed by atoms with Gasteiger partial charge in [0.25, 0.3) is 6.33 Å². The van der Waals surface area contributed by atoms with Crippen LogP contribution in [0.25, 0.3) is 0 Å². The van der Waals surface area contributed by atoms with E-state index in [1.165, 1.54) is 0 Å². The zero-order valence-electron chi connectivity index (χ0n) is 5.62. The summed E-state index contributed by atoms with van der Waals surface area (Å²) in [4.78, 5) is 3.97. The third-order valence-electron chi connectivity index (χ3n) is 1.15. The van der Waals surface area contributed by atoms with Crippen LogP contribution in [0.4, 0.5) is 0 Å². The Morgan fingerprint density at radius 3 is 3.00 bits per heavy atom. The second-order valence-electron chi connectivity index (χ2n) is 1.99. The molecule has 0 saturated carbocycles. The van der Waals surface area contributed by atoms with Crippen molar-refractivity contribution < 1.29 is 4.57 Å². The summed E-state index contributed by atoms with van der Waals surface area (Å²) in [5.41, 5.74) is 0. The van der Waals surface area contributed by atoms with Crippen LogP contribution in [0, 0.1) is 0 Å². The topological polar surface area (TPSA) is 16.8 Å². The number of rotatable bonds is 2. The molecule has 0 N–H and O–H groups in total. The lowest BCUT2D eigenvalue weighted by Crippen LogP contribution is -2.32. The molecule has 1 aromatic rings. The molecule has 1 heterocycles. The zero-order valence-corrected chi connectivity index (χ0v) is 5.62. The van der Waals surface area contributed by atoms with Crippen molar-refractivity contribution in [3.63, 3.8) is 0 Å². The van der Waals surface area contributed by atoms with E-state index in [0.29, 0.717) is 0 Å². The van der Waals surface area contributed by atoms with Crippen LogP contribution in [-0.4, -0.2) is 4.98 Å². The van der Waals surface area contributed by atoms with Gasteiger partial charge in [0.15, 0.2) is 0 Å². The summed E-state index contributed by atoms with van der Waals surface area (Å²) in [6, 6.07) is 1.94. The summed E-state index contributed by atoms with van der Waals surface area (Å²) in [7, 11) is 0. The molecule has 0 radical (unpaired) electrons. The third-order valence-corrected chi connectivity index (χ3v) is 1.15. The molecular weight excluding hydrogens is 112 g/mol. The van der Waals surface area contributed by atoms with Crippen LogP contribution in [0.2, 0.25) is 0 Å². The van der Waals surface area contributed by atoms with Crippen molar-refractivity contribution in [1.82, 2.24) is 4.98 Å². The summed E-state index contributed by atoms with van der Waals surface area (Å²) in [6.45, 7) is 3.22. The zero-order chi connectivity index (χ0) is 6.53. The van der Waals surface area contributed by atoms with E-state index in [1.54, 1.807) is 6.20 Å². The maximum atomic E-state index is 3.97. The van der Waals surface area contributed by atoms with Crippen LogP contribution in [0.15, 0.2) is 24.8 Å². The van der Waals surface area contributed by atoms with E-state index in [2.05, 4.69) is 16.5 Å². The molecule has 1 aromatic heterocycles. The van der Waals surface area contributed by atoms with Crippen LogP contribution in [0.3, 0.4) is 0 Å². The van der Waals surface area contributed by atoms with Gasteiger partial charge in [-0.1, -0.05) is 11.9 Å². The standard InChI is InChI=1S/C7H11N2/c1-2-5-9-6-3-4-8-7-9/h3-4,6-7H,2,5H2,1H3/q+1. The minimum absolute atomic E-state index is 1.06. The number of aromatic nitrogens is 2. The fourth-order valence-electron chi connectivity index (χ4n) is 0.752. The van der Waals surface area contributed by atoms with Gasteiger partial charge in [-0.05, 0) is 6.42 Å². The molecule has 0 unspecified atom stereocenters. The first-order valence-electron chi connectivity index (χ1n) is 3.22. The summed E-state index contributed by atoms with van der Waals surface area (Å²) < 4.78 is 2.07. The minimum atomic E-state index is 1.06. The van der Waals surface area contributed by atoms with Gasteiger partial charge in [-0.15, -0.1) is 0 Å². The SMILES string of the molecule is CCC[n+]1cccnc1. The highest BCUT2D eigenvalue weighted by Gasteiger charge is 1.89. The molecule has 0 atom stereocenters. The molecule has 0 aliphatic rings. The van der Waals surface area contributed by atoms with Crippen LogP contribution in [0.1, 0.15) is 13.3 Å². The van der Waals surface area contributed by atoms with Crippen molar-refractivity contribution in [1.29, 1.82) is 0 Å². The quantitative estimate of drug-likeness (QED) is 0.531. The van der Waals surface area contributed by atoms with Gasteiger partial charge in [-0.25, -0.2) is 4.57 Å². The van der Waals surface area contributed by atoms with Crippen molar-refractivity contribution in [2.75, 3.05) is 0 Å². The van der Waals surface area contributed by atoms with Gasteiger partial charge < -0.3 is 0 Å². The normalized spacial score (nSPS) is 9.44. The first kappa shape index (κ1) is 6.20. The largest absolute Gasteiger partial charge is 0.286 e. The maximum Gasteiger partial charge on any atom is 0.286 e. The van der Waals surface area contributed by atoms with Crippen molar-refractivity contribution >= 4 is 0 Å². The summed E-state index contributed by atoms with van der Waals surface area (Å²) in [5, 5.41) is 0. The molecule has 0 amide bonds. The predicted octanol–water partition coefficient (Wildman–Crippen LogP) is 0.779. The van der Waals surface area contributed by atoms with Gasteiger partial charge in [0, 0.05) is 6.07 Å². The minimum Gasteiger partial charge on any atom is -0.237 e. The average molecular weight is 123 g/mol. The summed E-state index contributed by atoms with van der Waals surface area (Å²) in [6.07, 6.45) is 6.81. The predicted molar refractivity (Wildman–Crippen MR) is 34.7 cm³/mol. The highest BCUT2D eigenvalue weighted by Crippen LogP contribution is 1.74. The Morgan fingerprint density at radius 1 is 1.56 bits per heavy atom. The van der Waals surface area contributed by atoms with Crippen molar-refractivity contribution in [2.24, 2.45) is 0 Å². The molecule has 2 nitrogen and oxygen atoms in total. The number of hydrogen-bond donors (Lipinski definition) is 0. The van der Waals surface area contributed by atoms with E-state index in [0.717, 1.165) is 13.0 Å². The highest BCUT2D eigenvalue weighted by atomic mass is 15.0.